The zero-order valence-electron chi connectivity index (χ0n) is 15.0. The highest BCUT2D eigenvalue weighted by atomic mass is 32.1. The van der Waals surface area contributed by atoms with E-state index in [4.69, 9.17) is 18.0 Å². The summed E-state index contributed by atoms with van der Waals surface area (Å²) in [6, 6.07) is 8.13. The van der Waals surface area contributed by atoms with Crippen molar-refractivity contribution in [2.24, 2.45) is 5.92 Å². The van der Waals surface area contributed by atoms with Gasteiger partial charge in [-0.25, -0.2) is 9.97 Å². The zero-order chi connectivity index (χ0) is 18.1. The van der Waals surface area contributed by atoms with E-state index in [1.165, 1.54) is 12.8 Å². The van der Waals surface area contributed by atoms with Gasteiger partial charge >= 0.3 is 0 Å². The van der Waals surface area contributed by atoms with E-state index >= 15 is 0 Å². The highest BCUT2D eigenvalue weighted by Crippen LogP contribution is 2.28. The summed E-state index contributed by atoms with van der Waals surface area (Å²) in [6.45, 7) is 3.02. The lowest BCUT2D eigenvalue weighted by molar-refractivity contribution is 0.249. The van der Waals surface area contributed by atoms with Crippen LogP contribution in [0.5, 0.6) is 0 Å². The molecule has 7 heteroatoms. The molecule has 136 valence electrons. The van der Waals surface area contributed by atoms with Crippen LogP contribution in [0.4, 0.5) is 5.82 Å². The molecule has 0 radical (unpaired) electrons. The van der Waals surface area contributed by atoms with Gasteiger partial charge in [0.25, 0.3) is 0 Å². The molecule has 0 aliphatic carbocycles. The lowest BCUT2D eigenvalue weighted by Crippen LogP contribution is -2.43. The third-order valence-electron chi connectivity index (χ3n) is 5.37. The fourth-order valence-electron chi connectivity index (χ4n) is 3.88. The van der Waals surface area contributed by atoms with Gasteiger partial charge in [-0.3, -0.25) is 0 Å². The van der Waals surface area contributed by atoms with E-state index in [1.807, 2.05) is 31.6 Å². The number of aryl methyl sites for hydroxylation is 1. The molecule has 1 aliphatic heterocycles. The quantitative estimate of drug-likeness (QED) is 0.693. The molecule has 4 rings (SSSR count). The summed E-state index contributed by atoms with van der Waals surface area (Å²) in [4.78, 5) is 11.3. The van der Waals surface area contributed by atoms with Crippen molar-refractivity contribution >= 4 is 45.1 Å². The second-order valence-corrected chi connectivity index (χ2v) is 7.31. The number of likely N-dealkylation sites (tertiary alicyclic amines) is 1. The first-order chi connectivity index (χ1) is 12.7. The first-order valence-corrected chi connectivity index (χ1v) is 9.54. The van der Waals surface area contributed by atoms with E-state index < -0.39 is 0 Å². The molecule has 2 aromatic heterocycles. The van der Waals surface area contributed by atoms with Gasteiger partial charge < -0.3 is 20.5 Å². The van der Waals surface area contributed by atoms with Crippen LogP contribution in [0.15, 0.2) is 30.6 Å². The van der Waals surface area contributed by atoms with Crippen LogP contribution in [0.3, 0.4) is 0 Å². The van der Waals surface area contributed by atoms with E-state index in [0.29, 0.717) is 11.7 Å². The molecule has 1 aliphatic rings. The molecule has 0 bridgehead atoms. The molecular weight excluding hydrogens is 344 g/mol. The van der Waals surface area contributed by atoms with Crippen molar-refractivity contribution < 1.29 is 0 Å². The van der Waals surface area contributed by atoms with Gasteiger partial charge in [-0.1, -0.05) is 18.2 Å². The number of imidazole rings is 1. The molecular formula is C19H24N6S. The number of nitrogens with two attached hydrogens (primary N) is 1. The number of para-hydroxylation sites is 1. The number of nitrogens with zero attached hydrogens (tertiary/aromatic N) is 4. The average molecular weight is 369 g/mol. The zero-order valence-corrected chi connectivity index (χ0v) is 15.8. The molecule has 1 saturated heterocycles. The number of thiocarbonyl (C=S) groups is 1. The minimum Gasteiger partial charge on any atom is -0.382 e. The van der Waals surface area contributed by atoms with E-state index in [-0.39, 0.29) is 0 Å². The molecule has 1 aromatic carbocycles. The predicted octanol–water partition coefficient (Wildman–Crippen LogP) is 2.77. The van der Waals surface area contributed by atoms with E-state index in [9.17, 15) is 0 Å². The lowest BCUT2D eigenvalue weighted by atomic mass is 9.93. The summed E-state index contributed by atoms with van der Waals surface area (Å²) in [5, 5.41) is 5.05. The van der Waals surface area contributed by atoms with Crippen LogP contribution in [0.2, 0.25) is 0 Å². The molecule has 3 N–H and O–H groups in total. The fourth-order valence-corrected chi connectivity index (χ4v) is 4.06. The minimum absolute atomic E-state index is 0.506. The van der Waals surface area contributed by atoms with Gasteiger partial charge in [0.2, 0.25) is 0 Å². The Labute approximate surface area is 158 Å². The van der Waals surface area contributed by atoms with E-state index in [0.717, 1.165) is 53.1 Å². The molecule has 1 fully saturated rings. The summed E-state index contributed by atoms with van der Waals surface area (Å²) in [7, 11) is 1.89. The Morgan fingerprint density at radius 1 is 1.31 bits per heavy atom. The molecule has 0 spiro atoms. The molecule has 3 heterocycles. The van der Waals surface area contributed by atoms with Crippen LogP contribution in [-0.4, -0.2) is 44.7 Å². The third-order valence-corrected chi connectivity index (χ3v) is 5.84. The third kappa shape index (κ3) is 3.07. The first-order valence-electron chi connectivity index (χ1n) is 9.13. The summed E-state index contributed by atoms with van der Waals surface area (Å²) < 4.78 is 2.24. The number of hydrogen-bond donors (Lipinski definition) is 2. The summed E-state index contributed by atoms with van der Waals surface area (Å²) >= 11 is 5.34. The Morgan fingerprint density at radius 2 is 2.08 bits per heavy atom. The van der Waals surface area contributed by atoms with Crippen LogP contribution >= 0.6 is 12.2 Å². The van der Waals surface area contributed by atoms with Gasteiger partial charge in [0.15, 0.2) is 10.9 Å². The van der Waals surface area contributed by atoms with Gasteiger partial charge in [0.1, 0.15) is 5.52 Å². The van der Waals surface area contributed by atoms with Gasteiger partial charge in [0.05, 0.1) is 17.4 Å². The van der Waals surface area contributed by atoms with Crippen molar-refractivity contribution in [1.82, 2.24) is 24.8 Å². The lowest BCUT2D eigenvalue weighted by Gasteiger charge is -2.33. The van der Waals surface area contributed by atoms with Gasteiger partial charge in [-0.2, -0.15) is 0 Å². The van der Waals surface area contributed by atoms with Gasteiger partial charge in [-0.05, 0) is 43.5 Å². The summed E-state index contributed by atoms with van der Waals surface area (Å²) in [5.41, 5.74) is 8.95. The van der Waals surface area contributed by atoms with Crippen LogP contribution in [0, 0.1) is 5.92 Å². The Balaban J connectivity index is 1.51. The predicted molar refractivity (Wildman–Crippen MR) is 110 cm³/mol. The number of anilines is 1. The smallest absolute Gasteiger partial charge is 0.168 e. The molecule has 26 heavy (non-hydrogen) atoms. The monoisotopic (exact) mass is 368 g/mol. The largest absolute Gasteiger partial charge is 0.382 e. The van der Waals surface area contributed by atoms with Crippen LogP contribution < -0.4 is 11.1 Å². The van der Waals surface area contributed by atoms with Crippen molar-refractivity contribution in [2.75, 3.05) is 25.9 Å². The van der Waals surface area contributed by atoms with Gasteiger partial charge in [-0.15, -0.1) is 0 Å². The maximum atomic E-state index is 6.12. The van der Waals surface area contributed by atoms with Crippen molar-refractivity contribution in [3.63, 3.8) is 0 Å². The van der Waals surface area contributed by atoms with Crippen molar-refractivity contribution in [3.05, 3.63) is 30.6 Å². The Hall–Kier alpha value is -2.41. The number of nitrogen functional groups attached to an aromatic ring is 1. The maximum Gasteiger partial charge on any atom is 0.168 e. The number of nitrogens with one attached hydrogen (secondary N) is 1. The standard InChI is InChI=1S/C19H24N6S/c1-21-19(26)24-9-6-13(7-10-24)8-11-25-12-22-16-17(25)14-4-2-3-5-15(14)23-18(16)20/h2-5,12-13H,6-11H2,1H3,(H2,20,23)(H,21,26). The molecule has 0 unspecified atom stereocenters. The van der Waals surface area contributed by atoms with Crippen LogP contribution in [-0.2, 0) is 6.54 Å². The van der Waals surface area contributed by atoms with Gasteiger partial charge in [0, 0.05) is 32.1 Å². The summed E-state index contributed by atoms with van der Waals surface area (Å²) in [5.74, 6) is 1.22. The number of fused-ring (bicyclic) bond motifs is 3. The second kappa shape index (κ2) is 7.07. The van der Waals surface area contributed by atoms with Crippen molar-refractivity contribution in [2.45, 2.75) is 25.8 Å². The summed E-state index contributed by atoms with van der Waals surface area (Å²) in [6.07, 6.45) is 5.40. The number of hydrogen-bond acceptors (Lipinski definition) is 4. The number of pyridine rings is 1. The number of benzene rings is 1. The normalized spacial score (nSPS) is 15.7. The Kier molecular flexibility index (Phi) is 4.63. The highest BCUT2D eigenvalue weighted by molar-refractivity contribution is 7.80. The minimum atomic E-state index is 0.506. The van der Waals surface area contributed by atoms with E-state index in [1.54, 1.807) is 0 Å². The van der Waals surface area contributed by atoms with E-state index in [2.05, 4.69) is 30.8 Å². The molecule has 6 nitrogen and oxygen atoms in total. The highest BCUT2D eigenvalue weighted by Gasteiger charge is 2.21. The number of aromatic nitrogens is 3. The Morgan fingerprint density at radius 3 is 2.85 bits per heavy atom. The topological polar surface area (TPSA) is 72.0 Å². The number of rotatable bonds is 3. The maximum absolute atomic E-state index is 6.12. The van der Waals surface area contributed by atoms with Crippen molar-refractivity contribution in [1.29, 1.82) is 0 Å². The molecule has 0 atom stereocenters. The van der Waals surface area contributed by atoms with Crippen LogP contribution in [0.1, 0.15) is 19.3 Å². The van der Waals surface area contributed by atoms with Crippen LogP contribution in [0.25, 0.3) is 21.9 Å². The molecule has 0 saturated carbocycles. The first kappa shape index (κ1) is 17.0. The Bertz CT molecular complexity index is 942. The second-order valence-electron chi connectivity index (χ2n) is 6.92. The van der Waals surface area contributed by atoms with Crippen molar-refractivity contribution in [3.8, 4) is 0 Å². The fraction of sp³-hybridized carbons (Fsp3) is 0.421. The SMILES string of the molecule is CNC(=S)N1CCC(CCn2cnc3c(N)nc4ccccc4c32)CC1. The average Bonchev–Trinajstić information content (AvgIpc) is 3.11. The molecule has 0 amide bonds. The molecule has 3 aromatic rings. The number of piperidine rings is 1.